The summed E-state index contributed by atoms with van der Waals surface area (Å²) in [7, 11) is 0. The summed E-state index contributed by atoms with van der Waals surface area (Å²) in [6.45, 7) is 6.98. The normalized spacial score (nSPS) is 19.9. The lowest BCUT2D eigenvalue weighted by Gasteiger charge is -2.42. The molecule has 0 spiro atoms. The second kappa shape index (κ2) is 9.48. The maximum absolute atomic E-state index is 5.50. The van der Waals surface area contributed by atoms with Crippen LogP contribution in [-0.4, -0.2) is 14.4 Å². The molecule has 4 bridgehead atoms. The number of hydrogen-bond donors (Lipinski definition) is 0. The molecule has 4 aromatic heterocycles. The van der Waals surface area contributed by atoms with E-state index in [1.54, 1.807) is 0 Å². The molecule has 0 amide bonds. The summed E-state index contributed by atoms with van der Waals surface area (Å²) < 4.78 is 2.55. The molecule has 6 aliphatic rings. The SMILES string of the molecule is CC(C)(C)c1ccc2c(c1)cc1c3c4c(ncc3n3c5cnc6c(c5c2c13)C1c2ccccc2C6c2ccccc21)C1c2ccccc2C4c2ccccc21. The van der Waals surface area contributed by atoms with E-state index in [1.165, 1.54) is 121 Å². The molecule has 0 fully saturated rings. The second-order valence-electron chi connectivity index (χ2n) is 17.6. The van der Waals surface area contributed by atoms with Crippen molar-refractivity contribution in [2.24, 2.45) is 0 Å². The third-order valence-corrected chi connectivity index (χ3v) is 14.1. The van der Waals surface area contributed by atoms with Crippen LogP contribution in [0.15, 0.2) is 134 Å². The zero-order valence-electron chi connectivity index (χ0n) is 30.9. The molecule has 0 aliphatic heterocycles. The number of hydrogen-bond acceptors (Lipinski definition) is 2. The average molecular weight is 702 g/mol. The Balaban J connectivity index is 1.18. The van der Waals surface area contributed by atoms with Gasteiger partial charge in [0.05, 0.1) is 52.2 Å². The van der Waals surface area contributed by atoms with Gasteiger partial charge < -0.3 is 4.40 Å². The average Bonchev–Trinajstić information content (AvgIpc) is 3.75. The lowest BCUT2D eigenvalue weighted by atomic mass is 9.62. The Morgan fingerprint density at radius 2 is 0.891 bits per heavy atom. The maximum Gasteiger partial charge on any atom is 0.0729 e. The van der Waals surface area contributed by atoms with Gasteiger partial charge in [0.1, 0.15) is 0 Å². The van der Waals surface area contributed by atoms with Gasteiger partial charge in [-0.05, 0) is 83.5 Å². The zero-order chi connectivity index (χ0) is 36.1. The predicted molar refractivity (Wildman–Crippen MR) is 222 cm³/mol. The highest BCUT2D eigenvalue weighted by molar-refractivity contribution is 6.32. The van der Waals surface area contributed by atoms with E-state index in [-0.39, 0.29) is 29.1 Å². The molecule has 10 aromatic rings. The highest BCUT2D eigenvalue weighted by atomic mass is 14.9. The first-order valence-corrected chi connectivity index (χ1v) is 19.8. The van der Waals surface area contributed by atoms with Crippen molar-refractivity contribution in [3.8, 4) is 0 Å². The van der Waals surface area contributed by atoms with Gasteiger partial charge in [-0.15, -0.1) is 0 Å². The number of aromatic nitrogens is 3. The summed E-state index contributed by atoms with van der Waals surface area (Å²) in [5, 5.41) is 8.02. The Labute approximate surface area is 318 Å². The molecule has 3 heteroatoms. The largest absolute Gasteiger partial charge is 0.305 e. The summed E-state index contributed by atoms with van der Waals surface area (Å²) in [6, 6.07) is 46.2. The first-order chi connectivity index (χ1) is 27.0. The summed E-state index contributed by atoms with van der Waals surface area (Å²) in [6.07, 6.45) is 4.39. The van der Waals surface area contributed by atoms with Crippen LogP contribution in [0.2, 0.25) is 0 Å². The van der Waals surface area contributed by atoms with Crippen LogP contribution in [0.3, 0.4) is 0 Å². The van der Waals surface area contributed by atoms with E-state index in [1.807, 2.05) is 0 Å². The van der Waals surface area contributed by atoms with Crippen LogP contribution in [0.4, 0.5) is 0 Å². The first-order valence-electron chi connectivity index (χ1n) is 19.8. The van der Waals surface area contributed by atoms with Crippen molar-refractivity contribution in [1.29, 1.82) is 0 Å². The van der Waals surface area contributed by atoms with Crippen molar-refractivity contribution in [3.63, 3.8) is 0 Å². The molecule has 258 valence electrons. The van der Waals surface area contributed by atoms with Crippen molar-refractivity contribution >= 4 is 48.9 Å². The van der Waals surface area contributed by atoms with Gasteiger partial charge in [0.2, 0.25) is 0 Å². The minimum Gasteiger partial charge on any atom is -0.305 e. The summed E-state index contributed by atoms with van der Waals surface area (Å²) in [4.78, 5) is 11.0. The number of pyridine rings is 2. The van der Waals surface area contributed by atoms with Gasteiger partial charge >= 0.3 is 0 Å². The van der Waals surface area contributed by atoms with Crippen molar-refractivity contribution < 1.29 is 0 Å². The Bertz CT molecular complexity index is 3300. The third-order valence-electron chi connectivity index (χ3n) is 14.1. The monoisotopic (exact) mass is 701 g/mol. The Hall–Kier alpha value is -6.32. The topological polar surface area (TPSA) is 30.2 Å². The molecule has 55 heavy (non-hydrogen) atoms. The van der Waals surface area contributed by atoms with Gasteiger partial charge in [0, 0.05) is 33.4 Å². The van der Waals surface area contributed by atoms with Crippen LogP contribution < -0.4 is 0 Å². The molecule has 0 atom stereocenters. The standard InChI is InChI=1S/C52H35N3/c1-52(2,3)27-20-21-28-26(22-27)23-37-44-38(24-53-49-42-33-16-8-4-12-29(33)40(47(44)49)30-13-5-9-17-34(30)42)55-39-25-54-50-43-35-18-10-6-14-31(35)41(32-15-7-11-19-36(32)43)48(50)46(39)45(28)51(37)55/h4-25,40-43H,1-3H3. The molecule has 4 heterocycles. The fourth-order valence-electron chi connectivity index (χ4n) is 11.9. The summed E-state index contributed by atoms with van der Waals surface area (Å²) in [5.41, 5.74) is 21.6. The molecule has 3 nitrogen and oxygen atoms in total. The van der Waals surface area contributed by atoms with E-state index in [0.717, 1.165) is 0 Å². The van der Waals surface area contributed by atoms with Crippen molar-refractivity contribution in [1.82, 2.24) is 14.4 Å². The fourth-order valence-corrected chi connectivity index (χ4v) is 11.9. The molecular formula is C52H35N3. The Morgan fingerprint density at radius 1 is 0.455 bits per heavy atom. The minimum absolute atomic E-state index is 0.0285. The zero-order valence-corrected chi connectivity index (χ0v) is 30.9. The number of fused-ring (bicyclic) bond motifs is 8. The molecular weight excluding hydrogens is 667 g/mol. The van der Waals surface area contributed by atoms with Crippen LogP contribution in [-0.2, 0) is 5.41 Å². The molecule has 0 saturated carbocycles. The molecule has 0 saturated heterocycles. The quantitative estimate of drug-likeness (QED) is 0.158. The van der Waals surface area contributed by atoms with Crippen LogP contribution in [0.5, 0.6) is 0 Å². The van der Waals surface area contributed by atoms with E-state index in [0.29, 0.717) is 0 Å². The van der Waals surface area contributed by atoms with Gasteiger partial charge in [0.15, 0.2) is 0 Å². The highest BCUT2D eigenvalue weighted by Gasteiger charge is 2.46. The lowest BCUT2D eigenvalue weighted by Crippen LogP contribution is -2.28. The number of nitrogens with zero attached hydrogens (tertiary/aromatic N) is 3. The summed E-state index contributed by atoms with van der Waals surface area (Å²) in [5.74, 6) is 0.505. The Morgan fingerprint density at radius 3 is 1.36 bits per heavy atom. The van der Waals surface area contributed by atoms with Crippen molar-refractivity contribution in [2.45, 2.75) is 49.9 Å². The van der Waals surface area contributed by atoms with Gasteiger partial charge in [0.25, 0.3) is 0 Å². The molecule has 0 N–H and O–H groups in total. The van der Waals surface area contributed by atoms with E-state index in [9.17, 15) is 0 Å². The second-order valence-corrected chi connectivity index (χ2v) is 17.6. The van der Waals surface area contributed by atoms with E-state index in [4.69, 9.17) is 9.97 Å². The van der Waals surface area contributed by atoms with Gasteiger partial charge in [-0.2, -0.15) is 0 Å². The van der Waals surface area contributed by atoms with Crippen molar-refractivity contribution in [2.75, 3.05) is 0 Å². The van der Waals surface area contributed by atoms with Crippen molar-refractivity contribution in [3.05, 3.63) is 206 Å². The third kappa shape index (κ3) is 3.26. The van der Waals surface area contributed by atoms with Gasteiger partial charge in [-0.1, -0.05) is 136 Å². The highest BCUT2D eigenvalue weighted by Crippen LogP contribution is 2.61. The van der Waals surface area contributed by atoms with Crippen LogP contribution in [0.1, 0.15) is 117 Å². The molecule has 6 aliphatic carbocycles. The van der Waals surface area contributed by atoms with Crippen LogP contribution in [0.25, 0.3) is 48.9 Å². The Kier molecular flexibility index (Phi) is 5.01. The summed E-state index contributed by atoms with van der Waals surface area (Å²) >= 11 is 0. The first kappa shape index (κ1) is 29.1. The minimum atomic E-state index is 0.0285. The van der Waals surface area contributed by atoms with E-state index >= 15 is 0 Å². The molecule has 0 radical (unpaired) electrons. The number of rotatable bonds is 0. The van der Waals surface area contributed by atoms with E-state index < -0.39 is 0 Å². The lowest BCUT2D eigenvalue weighted by molar-refractivity contribution is 0.591. The fraction of sp³-hybridized carbons (Fsp3) is 0.154. The van der Waals surface area contributed by atoms with Gasteiger partial charge in [-0.3, -0.25) is 9.97 Å². The van der Waals surface area contributed by atoms with Crippen LogP contribution in [0, 0.1) is 0 Å². The maximum atomic E-state index is 5.50. The molecule has 0 unspecified atom stereocenters. The number of benzene rings is 6. The van der Waals surface area contributed by atoms with Gasteiger partial charge in [-0.25, -0.2) is 0 Å². The predicted octanol–water partition coefficient (Wildman–Crippen LogP) is 12.1. The molecule has 6 aromatic carbocycles. The van der Waals surface area contributed by atoms with Crippen LogP contribution >= 0.6 is 0 Å². The smallest absolute Gasteiger partial charge is 0.0729 e. The van der Waals surface area contributed by atoms with E-state index in [2.05, 4.69) is 159 Å². The molecule has 16 rings (SSSR count).